The van der Waals surface area contributed by atoms with E-state index in [0.29, 0.717) is 11.5 Å². The Bertz CT molecular complexity index is 1360. The first-order valence-corrected chi connectivity index (χ1v) is 11.2. The number of aliphatic imine (C=N–C) groups is 2. The number of benzene rings is 3. The molecular formula is C29H28N4O2. The van der Waals surface area contributed by atoms with Crippen molar-refractivity contribution in [3.63, 3.8) is 0 Å². The normalized spacial score (nSPS) is 11.5. The minimum absolute atomic E-state index is 0.604. The van der Waals surface area contributed by atoms with Gasteiger partial charge in [-0.25, -0.2) is 4.99 Å². The fourth-order valence-electron chi connectivity index (χ4n) is 3.94. The van der Waals surface area contributed by atoms with Gasteiger partial charge in [0.1, 0.15) is 0 Å². The summed E-state index contributed by atoms with van der Waals surface area (Å²) in [6.07, 6.45) is 5.40. The number of hydrogen-bond acceptors (Lipinski definition) is 5. The number of ether oxygens (including phenoxy) is 2. The Balaban J connectivity index is 1.79. The van der Waals surface area contributed by atoms with Crippen LogP contribution in [0.3, 0.4) is 0 Å². The monoisotopic (exact) mass is 464 g/mol. The second kappa shape index (κ2) is 11.1. The zero-order valence-corrected chi connectivity index (χ0v) is 20.3. The molecule has 0 aliphatic rings. The number of nitrogens with zero attached hydrogens (tertiary/aromatic N) is 3. The third-order valence-electron chi connectivity index (χ3n) is 5.63. The Morgan fingerprint density at radius 3 is 2.17 bits per heavy atom. The number of methoxy groups -OCH3 is 2. The van der Waals surface area contributed by atoms with Crippen LogP contribution in [-0.4, -0.2) is 45.3 Å². The first-order valence-electron chi connectivity index (χ1n) is 11.2. The summed E-state index contributed by atoms with van der Waals surface area (Å²) in [6, 6.07) is 24.4. The van der Waals surface area contributed by atoms with Crippen molar-refractivity contribution in [1.29, 1.82) is 0 Å². The van der Waals surface area contributed by atoms with E-state index in [4.69, 9.17) is 9.47 Å². The fraction of sp³-hybridized carbons (Fsp3) is 0.138. The van der Waals surface area contributed by atoms with Crippen molar-refractivity contribution in [1.82, 2.24) is 10.3 Å². The van der Waals surface area contributed by atoms with Gasteiger partial charge in [-0.2, -0.15) is 0 Å². The van der Waals surface area contributed by atoms with E-state index in [9.17, 15) is 0 Å². The molecule has 1 aromatic heterocycles. The Morgan fingerprint density at radius 1 is 0.800 bits per heavy atom. The maximum atomic E-state index is 5.56. The summed E-state index contributed by atoms with van der Waals surface area (Å²) in [5.74, 6) is 1.22. The van der Waals surface area contributed by atoms with Crippen LogP contribution in [0.15, 0.2) is 95.2 Å². The minimum Gasteiger partial charge on any atom is -0.493 e. The molecular weight excluding hydrogens is 436 g/mol. The van der Waals surface area contributed by atoms with Gasteiger partial charge < -0.3 is 14.8 Å². The van der Waals surface area contributed by atoms with E-state index in [2.05, 4.69) is 50.6 Å². The molecule has 1 heterocycles. The van der Waals surface area contributed by atoms with Gasteiger partial charge in [-0.1, -0.05) is 48.5 Å². The van der Waals surface area contributed by atoms with Crippen LogP contribution in [0.1, 0.15) is 11.1 Å². The third-order valence-corrected chi connectivity index (χ3v) is 5.63. The van der Waals surface area contributed by atoms with Gasteiger partial charge in [0, 0.05) is 54.8 Å². The van der Waals surface area contributed by atoms with Crippen LogP contribution in [0.25, 0.3) is 22.3 Å². The molecule has 0 fully saturated rings. The van der Waals surface area contributed by atoms with Gasteiger partial charge >= 0.3 is 0 Å². The molecule has 4 aromatic rings. The van der Waals surface area contributed by atoms with Gasteiger partial charge in [-0.05, 0) is 29.3 Å². The number of pyridine rings is 1. The summed E-state index contributed by atoms with van der Waals surface area (Å²) in [4.78, 5) is 13.7. The number of rotatable bonds is 8. The van der Waals surface area contributed by atoms with E-state index < -0.39 is 0 Å². The Morgan fingerprint density at radius 2 is 1.49 bits per heavy atom. The second-order valence-electron chi connectivity index (χ2n) is 7.75. The zero-order chi connectivity index (χ0) is 24.6. The summed E-state index contributed by atoms with van der Waals surface area (Å²) in [7, 11) is 6.81. The standard InChI is InChI=1S/C29H28N4O2/c1-30-19-33-26-16-28(35-4)27(34-3)15-25(26)29(31-2)22-12-8-11-21(13-22)24-14-23(17-32-18-24)20-9-6-5-7-10-20/h5-19H,1-4H3,(H,30,33)/b31-29-. The molecule has 0 saturated carbocycles. The highest BCUT2D eigenvalue weighted by Gasteiger charge is 2.17. The van der Waals surface area contributed by atoms with Crippen molar-refractivity contribution >= 4 is 17.7 Å². The molecule has 0 aliphatic heterocycles. The fourth-order valence-corrected chi connectivity index (χ4v) is 3.94. The molecule has 3 aromatic carbocycles. The average molecular weight is 465 g/mol. The van der Waals surface area contributed by atoms with Crippen molar-refractivity contribution in [2.75, 3.05) is 28.3 Å². The lowest BCUT2D eigenvalue weighted by Gasteiger charge is -2.15. The molecule has 0 unspecified atom stereocenters. The highest BCUT2D eigenvalue weighted by Crippen LogP contribution is 2.36. The third kappa shape index (κ3) is 5.22. The van der Waals surface area contributed by atoms with Crippen LogP contribution >= 0.6 is 0 Å². The lowest BCUT2D eigenvalue weighted by Crippen LogP contribution is -2.06. The smallest absolute Gasteiger partial charge is 0.162 e. The molecule has 0 amide bonds. The second-order valence-corrected chi connectivity index (χ2v) is 7.75. The lowest BCUT2D eigenvalue weighted by molar-refractivity contribution is 0.355. The van der Waals surface area contributed by atoms with Crippen molar-refractivity contribution in [2.24, 2.45) is 9.98 Å². The average Bonchev–Trinajstić information content (AvgIpc) is 2.93. The van der Waals surface area contributed by atoms with Crippen LogP contribution in [0, 0.1) is 0 Å². The van der Waals surface area contributed by atoms with Gasteiger partial charge in [-0.15, -0.1) is 0 Å². The van der Waals surface area contributed by atoms with Gasteiger partial charge in [-0.3, -0.25) is 9.98 Å². The first kappa shape index (κ1) is 23.7. The summed E-state index contributed by atoms with van der Waals surface area (Å²) in [6.45, 7) is 0. The van der Waals surface area contributed by atoms with Crippen molar-refractivity contribution in [3.05, 3.63) is 96.3 Å². The van der Waals surface area contributed by atoms with Crippen LogP contribution in [0.4, 0.5) is 5.69 Å². The van der Waals surface area contributed by atoms with Crippen molar-refractivity contribution < 1.29 is 9.47 Å². The van der Waals surface area contributed by atoms with Crippen molar-refractivity contribution in [3.8, 4) is 33.8 Å². The lowest BCUT2D eigenvalue weighted by atomic mass is 9.95. The Kier molecular flexibility index (Phi) is 7.53. The van der Waals surface area contributed by atoms with E-state index in [1.165, 1.54) is 0 Å². The van der Waals surface area contributed by atoms with E-state index in [1.807, 2.05) is 54.9 Å². The summed E-state index contributed by atoms with van der Waals surface area (Å²) in [5, 5.41) is 2.95. The van der Waals surface area contributed by atoms with E-state index in [1.54, 1.807) is 34.7 Å². The Hall–Kier alpha value is -4.45. The number of hydrogen-bond donors (Lipinski definition) is 1. The van der Waals surface area contributed by atoms with Crippen LogP contribution in [0.5, 0.6) is 11.5 Å². The maximum absolute atomic E-state index is 5.56. The van der Waals surface area contributed by atoms with Gasteiger partial charge in [0.05, 0.1) is 32.0 Å². The molecule has 0 bridgehead atoms. The molecule has 6 heteroatoms. The molecule has 0 radical (unpaired) electrons. The van der Waals surface area contributed by atoms with Crippen molar-refractivity contribution in [2.45, 2.75) is 0 Å². The highest BCUT2D eigenvalue weighted by atomic mass is 16.5. The summed E-state index contributed by atoms with van der Waals surface area (Å²) >= 11 is 0. The SMILES string of the molecule is C/N=C(/c1cccc(-c2cncc(-c3ccccc3)c2)c1)c1cc(OC)c(OC)cc1/N=C/NC. The molecule has 35 heavy (non-hydrogen) atoms. The van der Waals surface area contributed by atoms with Gasteiger partial charge in [0.15, 0.2) is 11.5 Å². The molecule has 0 atom stereocenters. The predicted molar refractivity (Wildman–Crippen MR) is 143 cm³/mol. The molecule has 0 aliphatic carbocycles. The molecule has 1 N–H and O–H groups in total. The number of nitrogens with one attached hydrogen (secondary N) is 1. The molecule has 0 spiro atoms. The van der Waals surface area contributed by atoms with Crippen LogP contribution < -0.4 is 14.8 Å². The van der Waals surface area contributed by atoms with Gasteiger partial charge in [0.2, 0.25) is 0 Å². The quantitative estimate of drug-likeness (QED) is 0.265. The molecule has 6 nitrogen and oxygen atoms in total. The van der Waals surface area contributed by atoms with Crippen LogP contribution in [0.2, 0.25) is 0 Å². The largest absolute Gasteiger partial charge is 0.493 e. The van der Waals surface area contributed by atoms with Gasteiger partial charge in [0.25, 0.3) is 0 Å². The topological polar surface area (TPSA) is 68.1 Å². The highest BCUT2D eigenvalue weighted by molar-refractivity contribution is 6.16. The van der Waals surface area contributed by atoms with E-state index in [-0.39, 0.29) is 0 Å². The van der Waals surface area contributed by atoms with Crippen LogP contribution in [-0.2, 0) is 0 Å². The number of aromatic nitrogens is 1. The summed E-state index contributed by atoms with van der Waals surface area (Å²) in [5.41, 5.74) is 7.60. The zero-order valence-electron chi connectivity index (χ0n) is 20.3. The molecule has 0 saturated heterocycles. The summed E-state index contributed by atoms with van der Waals surface area (Å²) < 4.78 is 11.0. The predicted octanol–water partition coefficient (Wildman–Crippen LogP) is 5.78. The minimum atomic E-state index is 0.604. The Labute approximate surface area is 206 Å². The van der Waals surface area contributed by atoms with E-state index in [0.717, 1.165) is 44.8 Å². The molecule has 176 valence electrons. The molecule has 4 rings (SSSR count). The maximum Gasteiger partial charge on any atom is 0.162 e. The first-order chi connectivity index (χ1) is 17.2. The van der Waals surface area contributed by atoms with E-state index >= 15 is 0 Å².